The third kappa shape index (κ3) is 3.48. The monoisotopic (exact) mass is 405 g/mol. The number of aliphatic hydroxyl groups excluding tert-OH is 1. The average molecular weight is 405 g/mol. The smallest absolute Gasteiger partial charge is 0.275 e. The van der Waals surface area contributed by atoms with E-state index in [2.05, 4.69) is 20.0 Å². The van der Waals surface area contributed by atoms with Crippen LogP contribution in [-0.4, -0.2) is 55.8 Å². The van der Waals surface area contributed by atoms with Crippen LogP contribution in [0.3, 0.4) is 0 Å². The first kappa shape index (κ1) is 18.9. The number of benzene rings is 1. The van der Waals surface area contributed by atoms with E-state index in [-0.39, 0.29) is 12.2 Å². The van der Waals surface area contributed by atoms with Crippen molar-refractivity contribution in [2.45, 2.75) is 25.7 Å². The maximum Gasteiger partial charge on any atom is 0.275 e. The van der Waals surface area contributed by atoms with Crippen molar-refractivity contribution in [3.05, 3.63) is 58.3 Å². The Morgan fingerprint density at radius 1 is 1.13 bits per heavy atom. The molecule has 0 atom stereocenters. The van der Waals surface area contributed by atoms with Crippen molar-refractivity contribution in [1.82, 2.24) is 24.5 Å². The van der Waals surface area contributed by atoms with Gasteiger partial charge in [-0.15, -0.1) is 0 Å². The van der Waals surface area contributed by atoms with Gasteiger partial charge in [0.2, 0.25) is 0 Å². The van der Waals surface area contributed by atoms with E-state index in [9.17, 15) is 4.79 Å². The van der Waals surface area contributed by atoms with Crippen LogP contribution in [0.4, 0.5) is 0 Å². The lowest BCUT2D eigenvalue weighted by Crippen LogP contribution is -2.35. The van der Waals surface area contributed by atoms with E-state index in [0.29, 0.717) is 35.3 Å². The molecule has 1 N–H and O–H groups in total. The molecule has 0 saturated carbocycles. The molecular formula is C22H23N5O3. The molecule has 1 aromatic carbocycles. The fraction of sp³-hybridized carbons (Fsp3) is 0.364. The Hall–Kier alpha value is -3.10. The second kappa shape index (κ2) is 7.62. The number of piperidine rings is 1. The largest absolute Gasteiger partial charge is 0.441 e. The van der Waals surface area contributed by atoms with Crippen LogP contribution < -0.4 is 5.56 Å². The van der Waals surface area contributed by atoms with Gasteiger partial charge in [0.15, 0.2) is 17.1 Å². The van der Waals surface area contributed by atoms with Gasteiger partial charge in [-0.1, -0.05) is 6.07 Å². The van der Waals surface area contributed by atoms with Gasteiger partial charge in [0.1, 0.15) is 5.52 Å². The Kier molecular flexibility index (Phi) is 4.80. The summed E-state index contributed by atoms with van der Waals surface area (Å²) in [5.41, 5.74) is 4.08. The molecule has 1 saturated heterocycles. The predicted octanol–water partition coefficient (Wildman–Crippen LogP) is 2.38. The first-order valence-electron chi connectivity index (χ1n) is 10.2. The molecule has 0 bridgehead atoms. The van der Waals surface area contributed by atoms with Crippen LogP contribution in [0.2, 0.25) is 0 Å². The molecule has 1 aliphatic heterocycles. The van der Waals surface area contributed by atoms with E-state index >= 15 is 0 Å². The Labute approximate surface area is 172 Å². The first-order valence-corrected chi connectivity index (χ1v) is 10.2. The third-order valence-corrected chi connectivity index (χ3v) is 5.75. The Balaban J connectivity index is 1.46. The number of β-amino-alcohol motifs (C(OH)–C–C–N with tert-alkyl or cyclic N) is 1. The molecule has 0 spiro atoms. The molecular weight excluding hydrogens is 382 g/mol. The standard InChI is InChI=1S/C22H23N5O3/c1-14-23-18-3-2-16(12-20(18)30-14)19-13-22(29)27-21(24-19)5-4-17(25-27)15-6-8-26(9-7-15)10-11-28/h2-5,12-13,15,28H,6-11H2,1H3. The minimum Gasteiger partial charge on any atom is -0.441 e. The molecule has 0 radical (unpaired) electrons. The van der Waals surface area contributed by atoms with E-state index in [1.54, 1.807) is 6.92 Å². The van der Waals surface area contributed by atoms with Crippen molar-refractivity contribution < 1.29 is 9.52 Å². The van der Waals surface area contributed by atoms with E-state index in [1.807, 2.05) is 30.3 Å². The van der Waals surface area contributed by atoms with E-state index in [1.165, 1.54) is 10.6 Å². The van der Waals surface area contributed by atoms with Crippen LogP contribution in [-0.2, 0) is 0 Å². The van der Waals surface area contributed by atoms with Gasteiger partial charge in [-0.3, -0.25) is 4.79 Å². The molecule has 4 heterocycles. The normalized spacial score (nSPS) is 15.9. The minimum atomic E-state index is -0.205. The summed E-state index contributed by atoms with van der Waals surface area (Å²) in [6.45, 7) is 4.57. The highest BCUT2D eigenvalue weighted by Gasteiger charge is 2.22. The first-order chi connectivity index (χ1) is 14.6. The minimum absolute atomic E-state index is 0.186. The molecule has 3 aromatic heterocycles. The van der Waals surface area contributed by atoms with Crippen molar-refractivity contribution in [3.8, 4) is 11.3 Å². The van der Waals surface area contributed by atoms with Gasteiger partial charge in [-0.05, 0) is 50.2 Å². The number of aromatic nitrogens is 4. The molecule has 0 unspecified atom stereocenters. The Morgan fingerprint density at radius 3 is 2.77 bits per heavy atom. The highest BCUT2D eigenvalue weighted by Crippen LogP contribution is 2.27. The zero-order valence-corrected chi connectivity index (χ0v) is 16.8. The summed E-state index contributed by atoms with van der Waals surface area (Å²) in [6.07, 6.45) is 1.94. The van der Waals surface area contributed by atoms with Crippen molar-refractivity contribution in [2.75, 3.05) is 26.2 Å². The summed E-state index contributed by atoms with van der Waals surface area (Å²) in [4.78, 5) is 24.0. The van der Waals surface area contributed by atoms with Crippen molar-refractivity contribution in [2.24, 2.45) is 0 Å². The molecule has 0 aliphatic carbocycles. The number of oxazole rings is 1. The maximum atomic E-state index is 12.8. The van der Waals surface area contributed by atoms with Crippen molar-refractivity contribution >= 4 is 16.7 Å². The fourth-order valence-corrected chi connectivity index (χ4v) is 4.17. The number of nitrogens with zero attached hydrogens (tertiary/aromatic N) is 5. The highest BCUT2D eigenvalue weighted by atomic mass is 16.3. The second-order valence-corrected chi connectivity index (χ2v) is 7.76. The van der Waals surface area contributed by atoms with Crippen LogP contribution in [0.25, 0.3) is 28.0 Å². The fourth-order valence-electron chi connectivity index (χ4n) is 4.17. The van der Waals surface area contributed by atoms with Gasteiger partial charge in [-0.25, -0.2) is 9.97 Å². The van der Waals surface area contributed by atoms with Crippen LogP contribution in [0.5, 0.6) is 0 Å². The molecule has 1 fully saturated rings. The van der Waals surface area contributed by atoms with Gasteiger partial charge >= 0.3 is 0 Å². The number of fused-ring (bicyclic) bond motifs is 2. The average Bonchev–Trinajstić information content (AvgIpc) is 3.13. The number of aliphatic hydroxyl groups is 1. The zero-order chi connectivity index (χ0) is 20.7. The number of aryl methyl sites for hydroxylation is 1. The van der Waals surface area contributed by atoms with Gasteiger partial charge in [0.25, 0.3) is 5.56 Å². The topological polar surface area (TPSA) is 96.8 Å². The Morgan fingerprint density at radius 2 is 1.97 bits per heavy atom. The van der Waals surface area contributed by atoms with Crippen molar-refractivity contribution in [1.29, 1.82) is 0 Å². The third-order valence-electron chi connectivity index (χ3n) is 5.75. The van der Waals surface area contributed by atoms with Crippen LogP contribution in [0.15, 0.2) is 45.6 Å². The number of likely N-dealkylation sites (tertiary alicyclic amines) is 1. The molecule has 8 heteroatoms. The van der Waals surface area contributed by atoms with E-state index in [0.717, 1.165) is 42.7 Å². The molecule has 154 valence electrons. The van der Waals surface area contributed by atoms with Crippen LogP contribution in [0, 0.1) is 6.92 Å². The van der Waals surface area contributed by atoms with Gasteiger partial charge in [0, 0.05) is 31.0 Å². The molecule has 30 heavy (non-hydrogen) atoms. The maximum absolute atomic E-state index is 12.8. The lowest BCUT2D eigenvalue weighted by atomic mass is 9.93. The Bertz CT molecular complexity index is 1270. The number of hydrogen-bond donors (Lipinski definition) is 1. The summed E-state index contributed by atoms with van der Waals surface area (Å²) >= 11 is 0. The summed E-state index contributed by atoms with van der Waals surface area (Å²) in [5, 5.41) is 13.7. The second-order valence-electron chi connectivity index (χ2n) is 7.76. The molecule has 5 rings (SSSR count). The van der Waals surface area contributed by atoms with Crippen LogP contribution >= 0.6 is 0 Å². The van der Waals surface area contributed by atoms with Gasteiger partial charge in [-0.2, -0.15) is 9.61 Å². The van der Waals surface area contributed by atoms with Gasteiger partial charge in [0.05, 0.1) is 18.0 Å². The van der Waals surface area contributed by atoms with E-state index < -0.39 is 0 Å². The summed E-state index contributed by atoms with van der Waals surface area (Å²) in [6, 6.07) is 11.0. The molecule has 1 aliphatic rings. The van der Waals surface area contributed by atoms with Crippen molar-refractivity contribution in [3.63, 3.8) is 0 Å². The number of rotatable bonds is 4. The summed E-state index contributed by atoms with van der Waals surface area (Å²) < 4.78 is 6.99. The number of hydrogen-bond acceptors (Lipinski definition) is 7. The predicted molar refractivity (Wildman–Crippen MR) is 112 cm³/mol. The van der Waals surface area contributed by atoms with E-state index in [4.69, 9.17) is 9.52 Å². The lowest BCUT2D eigenvalue weighted by Gasteiger charge is -2.31. The summed E-state index contributed by atoms with van der Waals surface area (Å²) in [7, 11) is 0. The quantitative estimate of drug-likeness (QED) is 0.557. The van der Waals surface area contributed by atoms with Crippen LogP contribution in [0.1, 0.15) is 30.3 Å². The van der Waals surface area contributed by atoms with Gasteiger partial charge < -0.3 is 14.4 Å². The lowest BCUT2D eigenvalue weighted by molar-refractivity contribution is 0.163. The molecule has 0 amide bonds. The highest BCUT2D eigenvalue weighted by molar-refractivity contribution is 5.79. The zero-order valence-electron chi connectivity index (χ0n) is 16.8. The molecule has 8 nitrogen and oxygen atoms in total. The molecule has 4 aromatic rings. The summed E-state index contributed by atoms with van der Waals surface area (Å²) in [5.74, 6) is 0.917. The SMILES string of the molecule is Cc1nc2ccc(-c3cc(=O)n4nc(C5CCN(CCO)CC5)ccc4n3)cc2o1.